The number of carbonyl (C=O) groups excluding carboxylic acids is 1. The fourth-order valence-corrected chi connectivity index (χ4v) is 3.00. The van der Waals surface area contributed by atoms with Gasteiger partial charge >= 0.3 is 5.69 Å². The van der Waals surface area contributed by atoms with Crippen LogP contribution in [0.4, 0.5) is 10.1 Å². The normalized spacial score (nSPS) is 12.2. The van der Waals surface area contributed by atoms with Crippen LogP contribution < -0.4 is 11.0 Å². The second-order valence-corrected chi connectivity index (χ2v) is 6.91. The Morgan fingerprint density at radius 3 is 2.96 bits per heavy atom. The molecule has 2 N–H and O–H groups in total. The molecule has 9 heteroatoms. The molecule has 0 saturated carbocycles. The van der Waals surface area contributed by atoms with E-state index in [1.165, 1.54) is 34.5 Å². The van der Waals surface area contributed by atoms with E-state index < -0.39 is 11.1 Å². The van der Waals surface area contributed by atoms with Gasteiger partial charge in [0.25, 0.3) is 0 Å². The van der Waals surface area contributed by atoms with Crippen molar-refractivity contribution in [2.75, 3.05) is 5.32 Å². The van der Waals surface area contributed by atoms with E-state index in [0.29, 0.717) is 17.4 Å². The Morgan fingerprint density at radius 1 is 1.54 bits per heavy atom. The minimum atomic E-state index is -0.548. The largest absolute Gasteiger partial charge is 0.343 e. The fraction of sp³-hybridized carbons (Fsp3) is 0.400. The van der Waals surface area contributed by atoms with E-state index >= 15 is 0 Å². The van der Waals surface area contributed by atoms with Crippen LogP contribution in [0.1, 0.15) is 26.7 Å². The Labute approximate surface area is 147 Å². The number of halogens is 2. The van der Waals surface area contributed by atoms with E-state index in [1.807, 2.05) is 6.92 Å². The molecule has 1 aromatic carbocycles. The number of rotatable bonds is 7. The second-order valence-electron chi connectivity index (χ2n) is 5.19. The van der Waals surface area contributed by atoms with Crippen molar-refractivity contribution in [2.24, 2.45) is 0 Å². The molecule has 0 spiro atoms. The fourth-order valence-electron chi connectivity index (χ4n) is 1.94. The van der Waals surface area contributed by atoms with Crippen LogP contribution in [0.5, 0.6) is 0 Å². The Kier molecular flexibility index (Phi) is 6.44. The Balaban J connectivity index is 2.03. The van der Waals surface area contributed by atoms with Gasteiger partial charge in [0.05, 0.1) is 10.3 Å². The van der Waals surface area contributed by atoms with E-state index in [2.05, 4.69) is 15.5 Å². The lowest BCUT2D eigenvalue weighted by Crippen LogP contribution is -2.24. The molecule has 0 bridgehead atoms. The van der Waals surface area contributed by atoms with Gasteiger partial charge in [-0.2, -0.15) is 0 Å². The number of carbonyl (C=O) groups is 1. The predicted molar refractivity (Wildman–Crippen MR) is 93.1 cm³/mol. The number of amides is 1. The minimum absolute atomic E-state index is 0.0613. The van der Waals surface area contributed by atoms with E-state index in [4.69, 9.17) is 11.6 Å². The average Bonchev–Trinajstić information content (AvgIpc) is 2.89. The van der Waals surface area contributed by atoms with E-state index in [1.54, 1.807) is 6.92 Å². The smallest absolute Gasteiger partial charge is 0.325 e. The van der Waals surface area contributed by atoms with Crippen molar-refractivity contribution < 1.29 is 9.18 Å². The van der Waals surface area contributed by atoms with Crippen molar-refractivity contribution in [3.8, 4) is 0 Å². The van der Waals surface area contributed by atoms with Crippen LogP contribution in [0.3, 0.4) is 0 Å². The molecule has 1 amide bonds. The molecule has 2 aromatic rings. The predicted octanol–water partition coefficient (Wildman–Crippen LogP) is 3.28. The zero-order valence-corrected chi connectivity index (χ0v) is 14.9. The highest BCUT2D eigenvalue weighted by molar-refractivity contribution is 8.00. The zero-order chi connectivity index (χ0) is 17.7. The third-order valence-corrected chi connectivity index (χ3v) is 4.68. The molecule has 2 rings (SSSR count). The molecule has 0 aliphatic carbocycles. The monoisotopic (exact) mass is 372 g/mol. The number of unbranched alkanes of at least 4 members (excludes halogenated alkanes) is 1. The summed E-state index contributed by atoms with van der Waals surface area (Å²) in [7, 11) is 0. The first-order valence-corrected chi connectivity index (χ1v) is 8.76. The van der Waals surface area contributed by atoms with Gasteiger partial charge in [-0.25, -0.2) is 14.3 Å². The molecular formula is C15H18ClFN4O2S. The van der Waals surface area contributed by atoms with Gasteiger partial charge < -0.3 is 5.32 Å². The van der Waals surface area contributed by atoms with Crippen LogP contribution in [0, 0.1) is 5.82 Å². The summed E-state index contributed by atoms with van der Waals surface area (Å²) in [5, 5.41) is 8.93. The second kappa shape index (κ2) is 8.34. The summed E-state index contributed by atoms with van der Waals surface area (Å²) in [5.74, 6) is -0.839. The Morgan fingerprint density at radius 2 is 2.29 bits per heavy atom. The van der Waals surface area contributed by atoms with Gasteiger partial charge in [0.2, 0.25) is 5.91 Å². The molecule has 24 heavy (non-hydrogen) atoms. The van der Waals surface area contributed by atoms with E-state index in [-0.39, 0.29) is 16.6 Å². The van der Waals surface area contributed by atoms with Crippen LogP contribution >= 0.6 is 23.4 Å². The number of nitrogens with one attached hydrogen (secondary N) is 2. The number of aromatic nitrogens is 3. The van der Waals surface area contributed by atoms with Crippen LogP contribution in [0.2, 0.25) is 5.02 Å². The van der Waals surface area contributed by atoms with Gasteiger partial charge in [0.1, 0.15) is 5.82 Å². The van der Waals surface area contributed by atoms with Crippen LogP contribution in [0.25, 0.3) is 0 Å². The highest BCUT2D eigenvalue weighted by atomic mass is 35.5. The van der Waals surface area contributed by atoms with Gasteiger partial charge in [0.15, 0.2) is 5.16 Å². The number of hydrogen-bond donors (Lipinski definition) is 2. The maximum Gasteiger partial charge on any atom is 0.343 e. The van der Waals surface area contributed by atoms with Gasteiger partial charge in [-0.3, -0.25) is 9.36 Å². The van der Waals surface area contributed by atoms with Gasteiger partial charge in [-0.05, 0) is 31.5 Å². The van der Waals surface area contributed by atoms with Crippen LogP contribution in [0.15, 0.2) is 28.2 Å². The first-order chi connectivity index (χ1) is 11.4. The van der Waals surface area contributed by atoms with Crippen molar-refractivity contribution in [1.82, 2.24) is 14.8 Å². The molecule has 0 fully saturated rings. The third kappa shape index (κ3) is 4.61. The molecule has 0 aliphatic rings. The number of anilines is 1. The lowest BCUT2D eigenvalue weighted by atomic mass is 10.3. The van der Waals surface area contributed by atoms with E-state index in [9.17, 15) is 14.0 Å². The number of benzene rings is 1. The number of hydrogen-bond acceptors (Lipinski definition) is 4. The standard InChI is InChI=1S/C15H18ClFN4O2S/c1-3-4-7-21-14(23)19-20-15(21)24-9(2)13(22)18-10-5-6-12(17)11(16)8-10/h5-6,8-9H,3-4,7H2,1-2H3,(H,18,22)(H,19,23)/t9-/m0/s1. The number of aromatic amines is 1. The Bertz CT molecular complexity index is 777. The van der Waals surface area contributed by atoms with Crippen molar-refractivity contribution >= 4 is 35.0 Å². The quantitative estimate of drug-likeness (QED) is 0.731. The highest BCUT2D eigenvalue weighted by Gasteiger charge is 2.19. The van der Waals surface area contributed by atoms with Crippen molar-refractivity contribution in [2.45, 2.75) is 43.6 Å². The highest BCUT2D eigenvalue weighted by Crippen LogP contribution is 2.23. The lowest BCUT2D eigenvalue weighted by Gasteiger charge is -2.12. The SMILES string of the molecule is CCCCn1c(S[C@@H](C)C(=O)Nc2ccc(F)c(Cl)c2)n[nH]c1=O. The average molecular weight is 373 g/mol. The van der Waals surface area contributed by atoms with Crippen molar-refractivity contribution in [1.29, 1.82) is 0 Å². The summed E-state index contributed by atoms with van der Waals surface area (Å²) in [5.41, 5.74) is 0.119. The minimum Gasteiger partial charge on any atom is -0.325 e. The zero-order valence-electron chi connectivity index (χ0n) is 13.3. The van der Waals surface area contributed by atoms with Crippen LogP contribution in [-0.4, -0.2) is 25.9 Å². The van der Waals surface area contributed by atoms with Crippen molar-refractivity contribution in [3.63, 3.8) is 0 Å². The number of H-pyrrole nitrogens is 1. The van der Waals surface area contributed by atoms with Gasteiger partial charge in [0, 0.05) is 12.2 Å². The number of nitrogens with zero attached hydrogens (tertiary/aromatic N) is 2. The van der Waals surface area contributed by atoms with Gasteiger partial charge in [-0.1, -0.05) is 36.7 Å². The molecule has 130 valence electrons. The lowest BCUT2D eigenvalue weighted by molar-refractivity contribution is -0.115. The molecule has 6 nitrogen and oxygen atoms in total. The molecule has 0 aliphatic heterocycles. The summed E-state index contributed by atoms with van der Waals surface area (Å²) in [6, 6.07) is 3.96. The number of thioether (sulfide) groups is 1. The first kappa shape index (κ1) is 18.5. The maximum absolute atomic E-state index is 13.1. The topological polar surface area (TPSA) is 79.8 Å². The van der Waals surface area contributed by atoms with Crippen molar-refractivity contribution in [3.05, 3.63) is 39.5 Å². The summed E-state index contributed by atoms with van der Waals surface area (Å²) >= 11 is 6.87. The first-order valence-electron chi connectivity index (χ1n) is 7.50. The Hall–Kier alpha value is -1.80. The summed E-state index contributed by atoms with van der Waals surface area (Å²) in [4.78, 5) is 24.0. The maximum atomic E-state index is 13.1. The van der Waals surface area contributed by atoms with Crippen LogP contribution in [-0.2, 0) is 11.3 Å². The summed E-state index contributed by atoms with van der Waals surface area (Å²) in [6.07, 6.45) is 1.80. The summed E-state index contributed by atoms with van der Waals surface area (Å²) in [6.45, 7) is 4.28. The molecule has 0 saturated heterocycles. The van der Waals surface area contributed by atoms with E-state index in [0.717, 1.165) is 12.8 Å². The van der Waals surface area contributed by atoms with Gasteiger partial charge in [-0.15, -0.1) is 5.10 Å². The molecule has 0 radical (unpaired) electrons. The molecular weight excluding hydrogens is 355 g/mol. The summed E-state index contributed by atoms with van der Waals surface area (Å²) < 4.78 is 14.7. The molecule has 1 aromatic heterocycles. The molecule has 1 heterocycles. The third-order valence-electron chi connectivity index (χ3n) is 3.30. The molecule has 0 unspecified atom stereocenters. The molecule has 1 atom stereocenters.